The van der Waals surface area contributed by atoms with Crippen molar-refractivity contribution < 1.29 is 24.2 Å². The highest BCUT2D eigenvalue weighted by atomic mass is 16.6. The average Bonchev–Trinajstić information content (AvgIpc) is 2.80. The molecule has 3 amide bonds. The van der Waals surface area contributed by atoms with Crippen molar-refractivity contribution in [1.82, 2.24) is 15.5 Å². The van der Waals surface area contributed by atoms with Gasteiger partial charge in [-0.05, 0) is 89.3 Å². The van der Waals surface area contributed by atoms with Gasteiger partial charge in [-0.15, -0.1) is 0 Å². The summed E-state index contributed by atoms with van der Waals surface area (Å²) in [5.74, 6) is -0.573. The number of hydrogen-bond donors (Lipinski definition) is 3. The third-order valence-electron chi connectivity index (χ3n) is 6.04. The standard InChI is InChI=1S/C30H43N3O5/c1-9-17-33(26(27(35)31-19(2)3)24-12-10-11-20(4)21(24)5)28(36)25(32-29(37)38-30(6,7)8)18-22-13-15-23(34)16-14-22/h10-16,19,25-26,34H,9,17-18H2,1-8H3,(H,31,35)(H,32,37). The van der Waals surface area contributed by atoms with Crippen molar-refractivity contribution in [3.05, 3.63) is 64.7 Å². The first-order valence-corrected chi connectivity index (χ1v) is 13.2. The molecule has 2 unspecified atom stereocenters. The van der Waals surface area contributed by atoms with Gasteiger partial charge in [0.05, 0.1) is 0 Å². The number of carbonyl (C=O) groups is 3. The summed E-state index contributed by atoms with van der Waals surface area (Å²) in [5, 5.41) is 15.4. The molecule has 0 saturated carbocycles. The third kappa shape index (κ3) is 8.78. The molecule has 208 valence electrons. The number of nitrogens with zero attached hydrogens (tertiary/aromatic N) is 1. The van der Waals surface area contributed by atoms with Gasteiger partial charge in [0.2, 0.25) is 11.8 Å². The fourth-order valence-corrected chi connectivity index (χ4v) is 4.21. The normalized spacial score (nSPS) is 13.0. The molecular formula is C30H43N3O5. The average molecular weight is 526 g/mol. The quantitative estimate of drug-likeness (QED) is 0.407. The van der Waals surface area contributed by atoms with E-state index in [2.05, 4.69) is 10.6 Å². The van der Waals surface area contributed by atoms with Crippen LogP contribution in [0, 0.1) is 13.8 Å². The second-order valence-electron chi connectivity index (χ2n) is 11.0. The van der Waals surface area contributed by atoms with Crippen LogP contribution in [0.3, 0.4) is 0 Å². The Morgan fingerprint density at radius 1 is 1.00 bits per heavy atom. The molecule has 2 atom stereocenters. The van der Waals surface area contributed by atoms with Crippen LogP contribution in [0.5, 0.6) is 5.75 Å². The Kier molecular flexibility index (Phi) is 10.7. The molecule has 0 heterocycles. The molecule has 2 aromatic rings. The number of nitrogens with one attached hydrogen (secondary N) is 2. The molecule has 0 bridgehead atoms. The minimum Gasteiger partial charge on any atom is -0.508 e. The number of alkyl carbamates (subject to hydrolysis) is 1. The second-order valence-corrected chi connectivity index (χ2v) is 11.0. The Hall–Kier alpha value is -3.55. The second kappa shape index (κ2) is 13.3. The largest absolute Gasteiger partial charge is 0.508 e. The molecule has 3 N–H and O–H groups in total. The van der Waals surface area contributed by atoms with E-state index in [1.165, 1.54) is 12.1 Å². The van der Waals surface area contributed by atoms with Gasteiger partial charge >= 0.3 is 6.09 Å². The molecule has 8 nitrogen and oxygen atoms in total. The summed E-state index contributed by atoms with van der Waals surface area (Å²) in [4.78, 5) is 42.2. The van der Waals surface area contributed by atoms with Crippen LogP contribution in [-0.2, 0) is 20.7 Å². The first-order chi connectivity index (χ1) is 17.7. The fraction of sp³-hybridized carbons (Fsp3) is 0.500. The van der Waals surface area contributed by atoms with Gasteiger partial charge in [-0.25, -0.2) is 4.79 Å². The number of amides is 3. The van der Waals surface area contributed by atoms with Gasteiger partial charge in [-0.3, -0.25) is 9.59 Å². The van der Waals surface area contributed by atoms with E-state index in [1.54, 1.807) is 37.8 Å². The summed E-state index contributed by atoms with van der Waals surface area (Å²) in [6.07, 6.45) is 0.0469. The molecule has 0 saturated heterocycles. The Labute approximate surface area is 226 Å². The van der Waals surface area contributed by atoms with Gasteiger partial charge in [-0.2, -0.15) is 0 Å². The van der Waals surface area contributed by atoms with Crippen molar-refractivity contribution in [1.29, 1.82) is 0 Å². The van der Waals surface area contributed by atoms with Gasteiger partial charge < -0.3 is 25.4 Å². The van der Waals surface area contributed by atoms with Crippen LogP contribution in [0.2, 0.25) is 0 Å². The van der Waals surface area contributed by atoms with E-state index in [1.807, 2.05) is 52.8 Å². The van der Waals surface area contributed by atoms with Crippen molar-refractivity contribution in [3.63, 3.8) is 0 Å². The first-order valence-electron chi connectivity index (χ1n) is 13.2. The number of aromatic hydroxyl groups is 1. The maximum Gasteiger partial charge on any atom is 0.408 e. The molecule has 0 fully saturated rings. The molecular weight excluding hydrogens is 482 g/mol. The van der Waals surface area contributed by atoms with Crippen LogP contribution < -0.4 is 10.6 Å². The highest BCUT2D eigenvalue weighted by molar-refractivity contribution is 5.92. The van der Waals surface area contributed by atoms with Crippen LogP contribution in [0.1, 0.15) is 76.3 Å². The number of carbonyl (C=O) groups excluding carboxylic acids is 3. The van der Waals surface area contributed by atoms with E-state index in [9.17, 15) is 19.5 Å². The van der Waals surface area contributed by atoms with Gasteiger partial charge in [-0.1, -0.05) is 37.3 Å². The van der Waals surface area contributed by atoms with E-state index in [-0.39, 0.29) is 24.1 Å². The topological polar surface area (TPSA) is 108 Å². The highest BCUT2D eigenvalue weighted by Crippen LogP contribution is 2.28. The highest BCUT2D eigenvalue weighted by Gasteiger charge is 2.37. The van der Waals surface area contributed by atoms with Gasteiger partial charge in [0.1, 0.15) is 23.4 Å². The Morgan fingerprint density at radius 2 is 1.63 bits per heavy atom. The number of benzene rings is 2. The summed E-state index contributed by atoms with van der Waals surface area (Å²) in [6.45, 7) is 15.2. The van der Waals surface area contributed by atoms with Crippen molar-refractivity contribution in [3.8, 4) is 5.75 Å². The third-order valence-corrected chi connectivity index (χ3v) is 6.04. The number of hydrogen-bond acceptors (Lipinski definition) is 5. The molecule has 0 aliphatic rings. The van der Waals surface area contributed by atoms with E-state index in [0.29, 0.717) is 13.0 Å². The van der Waals surface area contributed by atoms with Crippen molar-refractivity contribution in [2.45, 2.75) is 92.0 Å². The van der Waals surface area contributed by atoms with Gasteiger partial charge in [0.25, 0.3) is 0 Å². The van der Waals surface area contributed by atoms with Crippen molar-refractivity contribution in [2.75, 3.05) is 6.54 Å². The summed E-state index contributed by atoms with van der Waals surface area (Å²) < 4.78 is 5.45. The maximum absolute atomic E-state index is 14.2. The molecule has 8 heteroatoms. The zero-order valence-corrected chi connectivity index (χ0v) is 23.9. The predicted octanol–water partition coefficient (Wildman–Crippen LogP) is 4.95. The zero-order chi connectivity index (χ0) is 28.6. The van der Waals surface area contributed by atoms with Crippen molar-refractivity contribution >= 4 is 17.9 Å². The van der Waals surface area contributed by atoms with E-state index in [0.717, 1.165) is 22.3 Å². The van der Waals surface area contributed by atoms with Crippen LogP contribution in [0.15, 0.2) is 42.5 Å². The molecule has 0 aliphatic heterocycles. The number of phenols is 1. The number of aryl methyl sites for hydroxylation is 1. The maximum atomic E-state index is 14.2. The van der Waals surface area contributed by atoms with Crippen LogP contribution in [0.4, 0.5) is 4.79 Å². The smallest absolute Gasteiger partial charge is 0.408 e. The lowest BCUT2D eigenvalue weighted by Crippen LogP contribution is -2.54. The molecule has 2 rings (SSSR count). The van der Waals surface area contributed by atoms with Crippen molar-refractivity contribution in [2.24, 2.45) is 0 Å². The van der Waals surface area contributed by atoms with Gasteiger partial charge in [0, 0.05) is 19.0 Å². The van der Waals surface area contributed by atoms with Crippen LogP contribution in [-0.4, -0.2) is 52.1 Å². The van der Waals surface area contributed by atoms with Crippen LogP contribution in [0.25, 0.3) is 0 Å². The summed E-state index contributed by atoms with van der Waals surface area (Å²) in [7, 11) is 0. The summed E-state index contributed by atoms with van der Waals surface area (Å²) in [5.41, 5.74) is 2.67. The Bertz CT molecular complexity index is 1110. The zero-order valence-electron chi connectivity index (χ0n) is 23.9. The van der Waals surface area contributed by atoms with Crippen LogP contribution >= 0.6 is 0 Å². The lowest BCUT2D eigenvalue weighted by atomic mass is 9.94. The first kappa shape index (κ1) is 30.7. The molecule has 0 aromatic heterocycles. The van der Waals surface area contributed by atoms with Gasteiger partial charge in [0.15, 0.2) is 0 Å². The minimum absolute atomic E-state index is 0.102. The van der Waals surface area contributed by atoms with E-state index in [4.69, 9.17) is 4.74 Å². The summed E-state index contributed by atoms with van der Waals surface area (Å²) in [6, 6.07) is 10.2. The Morgan fingerprint density at radius 3 is 2.18 bits per heavy atom. The van der Waals surface area contributed by atoms with E-state index >= 15 is 0 Å². The summed E-state index contributed by atoms with van der Waals surface area (Å²) >= 11 is 0. The molecule has 0 aliphatic carbocycles. The monoisotopic (exact) mass is 525 g/mol. The number of phenolic OH excluding ortho intramolecular Hbond substituents is 1. The lowest BCUT2D eigenvalue weighted by Gasteiger charge is -2.35. The molecule has 38 heavy (non-hydrogen) atoms. The van der Waals surface area contributed by atoms with E-state index < -0.39 is 29.7 Å². The molecule has 0 radical (unpaired) electrons. The predicted molar refractivity (Wildman–Crippen MR) is 149 cm³/mol. The molecule has 0 spiro atoms. The fourth-order valence-electron chi connectivity index (χ4n) is 4.21. The lowest BCUT2D eigenvalue weighted by molar-refractivity contribution is -0.142. The number of rotatable bonds is 10. The number of ether oxygens (including phenoxy) is 1. The SMILES string of the molecule is CCCN(C(=O)C(Cc1ccc(O)cc1)NC(=O)OC(C)(C)C)C(C(=O)NC(C)C)c1cccc(C)c1C. The molecule has 2 aromatic carbocycles. The Balaban J connectivity index is 2.57. The minimum atomic E-state index is -1.000.